The number of aromatic amines is 1. The highest BCUT2D eigenvalue weighted by molar-refractivity contribution is 8.00. The Bertz CT molecular complexity index is 678. The molecule has 0 saturated heterocycles. The summed E-state index contributed by atoms with van der Waals surface area (Å²) in [5.74, 6) is -0.0184. The first-order chi connectivity index (χ1) is 10.0. The van der Waals surface area contributed by atoms with Crippen LogP contribution in [0.4, 0.5) is 0 Å². The first-order valence-electron chi connectivity index (χ1n) is 6.64. The molecule has 1 heterocycles. The summed E-state index contributed by atoms with van der Waals surface area (Å²) in [4.78, 5) is 24.0. The monoisotopic (exact) mass is 325 g/mol. The first-order valence-corrected chi connectivity index (χ1v) is 7.90. The summed E-state index contributed by atoms with van der Waals surface area (Å²) in [5.41, 5.74) is 0.352. The lowest BCUT2D eigenvalue weighted by atomic mass is 10.1. The number of thioether (sulfide) groups is 1. The highest BCUT2D eigenvalue weighted by Gasteiger charge is 2.20. The fourth-order valence-corrected chi connectivity index (χ4v) is 2.96. The van der Waals surface area contributed by atoms with Crippen molar-refractivity contribution >= 4 is 29.1 Å². The van der Waals surface area contributed by atoms with Gasteiger partial charge in [0.25, 0.3) is 0 Å². The summed E-state index contributed by atoms with van der Waals surface area (Å²) in [6, 6.07) is 6.78. The van der Waals surface area contributed by atoms with E-state index >= 15 is 0 Å². The molecule has 112 valence electrons. The highest BCUT2D eigenvalue weighted by atomic mass is 35.5. The van der Waals surface area contributed by atoms with Gasteiger partial charge in [-0.05, 0) is 37.6 Å². The smallest absolute Gasteiger partial charge is 0.293 e. The van der Waals surface area contributed by atoms with E-state index in [1.165, 1.54) is 11.8 Å². The van der Waals surface area contributed by atoms with Crippen molar-refractivity contribution in [3.63, 3.8) is 0 Å². The van der Waals surface area contributed by atoms with Crippen LogP contribution >= 0.6 is 23.4 Å². The van der Waals surface area contributed by atoms with E-state index < -0.39 is 0 Å². The Morgan fingerprint density at radius 2 is 2.10 bits per heavy atom. The number of benzene rings is 1. The van der Waals surface area contributed by atoms with Gasteiger partial charge >= 0.3 is 5.69 Å². The van der Waals surface area contributed by atoms with Gasteiger partial charge in [-0.1, -0.05) is 30.3 Å². The number of rotatable bonds is 6. The molecule has 0 aliphatic heterocycles. The summed E-state index contributed by atoms with van der Waals surface area (Å²) in [6.45, 7) is 4.37. The Hall–Kier alpha value is -1.53. The zero-order valence-electron chi connectivity index (χ0n) is 11.8. The molecule has 2 aromatic rings. The third-order valence-electron chi connectivity index (χ3n) is 2.95. The number of H-pyrrole nitrogens is 1. The zero-order valence-corrected chi connectivity index (χ0v) is 13.4. The molecule has 1 N–H and O–H groups in total. The van der Waals surface area contributed by atoms with Crippen molar-refractivity contribution in [3.8, 4) is 0 Å². The third kappa shape index (κ3) is 3.77. The molecule has 21 heavy (non-hydrogen) atoms. The number of ketones is 1. The van der Waals surface area contributed by atoms with Crippen LogP contribution < -0.4 is 5.69 Å². The molecule has 0 amide bonds. The second-order valence-electron chi connectivity index (χ2n) is 4.59. The topological polar surface area (TPSA) is 67.8 Å². The molecule has 1 atom stereocenters. The first kappa shape index (κ1) is 15.9. The number of Topliss-reactive ketones (excluding diaryl/α,β-unsaturated/α-hetero) is 1. The summed E-state index contributed by atoms with van der Waals surface area (Å²) in [5, 5.41) is 7.20. The van der Waals surface area contributed by atoms with Crippen molar-refractivity contribution in [2.75, 3.05) is 0 Å². The summed E-state index contributed by atoms with van der Waals surface area (Å²) >= 11 is 7.09. The number of aromatic nitrogens is 3. The maximum atomic E-state index is 12.3. The minimum atomic E-state index is -0.336. The van der Waals surface area contributed by atoms with Crippen LogP contribution in [0.25, 0.3) is 0 Å². The van der Waals surface area contributed by atoms with Crippen LogP contribution in [-0.4, -0.2) is 25.8 Å². The number of carbonyl (C=O) groups excluding carboxylic acids is 1. The van der Waals surface area contributed by atoms with E-state index in [1.54, 1.807) is 35.8 Å². The van der Waals surface area contributed by atoms with Crippen LogP contribution in [0.5, 0.6) is 0 Å². The fraction of sp³-hybridized carbons (Fsp3) is 0.357. The van der Waals surface area contributed by atoms with Gasteiger partial charge in [0.15, 0.2) is 10.9 Å². The van der Waals surface area contributed by atoms with Gasteiger partial charge < -0.3 is 0 Å². The molecule has 2 rings (SSSR count). The Kier molecular flexibility index (Phi) is 5.25. The molecular formula is C14H16ClN3O2S. The van der Waals surface area contributed by atoms with Crippen molar-refractivity contribution in [3.05, 3.63) is 45.3 Å². The number of hydrogen-bond donors (Lipinski definition) is 1. The van der Waals surface area contributed by atoms with Crippen LogP contribution in [0.15, 0.2) is 34.2 Å². The maximum Gasteiger partial charge on any atom is 0.343 e. The van der Waals surface area contributed by atoms with Crippen molar-refractivity contribution in [1.29, 1.82) is 0 Å². The van der Waals surface area contributed by atoms with Crippen LogP contribution in [0.2, 0.25) is 5.02 Å². The number of nitrogens with one attached hydrogen (secondary N) is 1. The van der Waals surface area contributed by atoms with Gasteiger partial charge in [0, 0.05) is 17.1 Å². The van der Waals surface area contributed by atoms with Crippen LogP contribution in [0.3, 0.4) is 0 Å². The number of carbonyl (C=O) groups is 1. The lowest BCUT2D eigenvalue weighted by molar-refractivity contribution is 0.0994. The molecule has 0 aliphatic carbocycles. The molecule has 0 aliphatic rings. The minimum absolute atomic E-state index is 0.0184. The van der Waals surface area contributed by atoms with Gasteiger partial charge in [0.2, 0.25) is 0 Å². The van der Waals surface area contributed by atoms with Gasteiger partial charge in [-0.15, -0.1) is 5.10 Å². The Labute approximate surface area is 131 Å². The van der Waals surface area contributed by atoms with E-state index in [0.29, 0.717) is 22.3 Å². The average molecular weight is 326 g/mol. The predicted molar refractivity (Wildman–Crippen MR) is 84.2 cm³/mol. The quantitative estimate of drug-likeness (QED) is 0.655. The molecule has 0 spiro atoms. The molecule has 7 heteroatoms. The Morgan fingerprint density at radius 3 is 2.71 bits per heavy atom. The summed E-state index contributed by atoms with van der Waals surface area (Å²) in [6.07, 6.45) is 0.826. The van der Waals surface area contributed by atoms with Gasteiger partial charge in [-0.2, -0.15) is 0 Å². The molecule has 1 aromatic heterocycles. The van der Waals surface area contributed by atoms with Gasteiger partial charge in [0.05, 0.1) is 5.25 Å². The van der Waals surface area contributed by atoms with Gasteiger partial charge in [-0.3, -0.25) is 9.36 Å². The van der Waals surface area contributed by atoms with Crippen molar-refractivity contribution in [1.82, 2.24) is 14.8 Å². The second-order valence-corrected chi connectivity index (χ2v) is 6.34. The van der Waals surface area contributed by atoms with E-state index in [9.17, 15) is 9.59 Å². The van der Waals surface area contributed by atoms with E-state index in [-0.39, 0.29) is 16.7 Å². The summed E-state index contributed by atoms with van der Waals surface area (Å²) in [7, 11) is 0. The molecule has 0 fully saturated rings. The fourth-order valence-electron chi connectivity index (χ4n) is 1.87. The van der Waals surface area contributed by atoms with Crippen LogP contribution in [0, 0.1) is 0 Å². The minimum Gasteiger partial charge on any atom is -0.293 e. The number of nitrogens with zero attached hydrogens (tertiary/aromatic N) is 2. The number of halogens is 1. The Balaban J connectivity index is 2.14. The predicted octanol–water partition coefficient (Wildman–Crippen LogP) is 3.00. The van der Waals surface area contributed by atoms with Crippen molar-refractivity contribution in [2.45, 2.75) is 37.2 Å². The lowest BCUT2D eigenvalue weighted by Gasteiger charge is -2.10. The second kappa shape index (κ2) is 6.95. The van der Waals surface area contributed by atoms with Crippen molar-refractivity contribution < 1.29 is 4.79 Å². The molecule has 0 radical (unpaired) electrons. The van der Waals surface area contributed by atoms with E-state index in [4.69, 9.17) is 11.6 Å². The molecule has 0 unspecified atom stereocenters. The van der Waals surface area contributed by atoms with Crippen LogP contribution in [0.1, 0.15) is 30.6 Å². The van der Waals surface area contributed by atoms with Crippen molar-refractivity contribution in [2.24, 2.45) is 0 Å². The SMILES string of the molecule is CCCn1c(S[C@@H](C)C(=O)c2ccc(Cl)cc2)n[nH]c1=O. The zero-order chi connectivity index (χ0) is 15.4. The molecule has 0 saturated carbocycles. The molecular weight excluding hydrogens is 310 g/mol. The standard InChI is InChI=1S/C14H16ClN3O2S/c1-3-8-18-13(20)16-17-14(18)21-9(2)12(19)10-4-6-11(15)7-5-10/h4-7,9H,3,8H2,1-2H3,(H,16,20)/t9-/m0/s1. The molecule has 0 bridgehead atoms. The Morgan fingerprint density at radius 1 is 1.43 bits per heavy atom. The average Bonchev–Trinajstić information content (AvgIpc) is 2.81. The summed E-state index contributed by atoms with van der Waals surface area (Å²) < 4.78 is 1.55. The third-order valence-corrected chi connectivity index (χ3v) is 4.29. The molecule has 1 aromatic carbocycles. The van der Waals surface area contributed by atoms with Crippen LogP contribution in [-0.2, 0) is 6.54 Å². The normalized spacial score (nSPS) is 12.3. The van der Waals surface area contributed by atoms with Gasteiger partial charge in [-0.25, -0.2) is 9.89 Å². The van der Waals surface area contributed by atoms with E-state index in [0.717, 1.165) is 6.42 Å². The lowest BCUT2D eigenvalue weighted by Crippen LogP contribution is -2.19. The van der Waals surface area contributed by atoms with E-state index in [2.05, 4.69) is 10.2 Å². The maximum absolute atomic E-state index is 12.3. The molecule has 5 nitrogen and oxygen atoms in total. The largest absolute Gasteiger partial charge is 0.343 e. The number of hydrogen-bond acceptors (Lipinski definition) is 4. The van der Waals surface area contributed by atoms with Gasteiger partial charge in [0.1, 0.15) is 0 Å². The highest BCUT2D eigenvalue weighted by Crippen LogP contribution is 2.23. The van der Waals surface area contributed by atoms with E-state index in [1.807, 2.05) is 6.92 Å².